The van der Waals surface area contributed by atoms with Crippen LogP contribution >= 0.6 is 0 Å². The van der Waals surface area contributed by atoms with E-state index >= 15 is 0 Å². The number of hydrogen-bond donors (Lipinski definition) is 2. The van der Waals surface area contributed by atoms with Crippen molar-refractivity contribution in [2.24, 2.45) is 29.1 Å². The van der Waals surface area contributed by atoms with Crippen LogP contribution in [-0.4, -0.2) is 25.0 Å². The van der Waals surface area contributed by atoms with Gasteiger partial charge < -0.3 is 10.6 Å². The van der Waals surface area contributed by atoms with Crippen molar-refractivity contribution in [2.75, 3.05) is 13.1 Å². The van der Waals surface area contributed by atoms with E-state index in [1.165, 1.54) is 19.3 Å². The zero-order valence-corrected chi connectivity index (χ0v) is 12.7. The van der Waals surface area contributed by atoms with Gasteiger partial charge in [0.25, 0.3) is 0 Å². The quantitative estimate of drug-likeness (QED) is 0.827. The smallest absolute Gasteiger partial charge is 0.226 e. The lowest BCUT2D eigenvalue weighted by Crippen LogP contribution is -2.49. The molecule has 4 aliphatic rings. The van der Waals surface area contributed by atoms with Crippen LogP contribution in [0.15, 0.2) is 0 Å². The third kappa shape index (κ3) is 1.85. The van der Waals surface area contributed by atoms with E-state index < -0.39 is 0 Å². The normalized spacial score (nSPS) is 44.1. The molecule has 1 aliphatic heterocycles. The lowest BCUT2D eigenvalue weighted by atomic mass is 9.74. The summed E-state index contributed by atoms with van der Waals surface area (Å²) in [6, 6.07) is 0.553. The van der Waals surface area contributed by atoms with Gasteiger partial charge in [-0.2, -0.15) is 0 Å². The summed E-state index contributed by atoms with van der Waals surface area (Å²) in [4.78, 5) is 12.9. The molecule has 4 unspecified atom stereocenters. The first-order chi connectivity index (χ1) is 9.75. The molecule has 4 fully saturated rings. The van der Waals surface area contributed by atoms with Crippen molar-refractivity contribution in [3.63, 3.8) is 0 Å². The van der Waals surface area contributed by atoms with Crippen LogP contribution < -0.4 is 10.6 Å². The van der Waals surface area contributed by atoms with E-state index in [1.54, 1.807) is 0 Å². The van der Waals surface area contributed by atoms with E-state index in [1.807, 2.05) is 0 Å². The first-order valence-electron chi connectivity index (χ1n) is 8.77. The number of rotatable bonds is 4. The molecule has 2 bridgehead atoms. The van der Waals surface area contributed by atoms with Crippen LogP contribution in [0.5, 0.6) is 0 Å². The Labute approximate surface area is 122 Å². The molecule has 3 saturated carbocycles. The summed E-state index contributed by atoms with van der Waals surface area (Å²) >= 11 is 0. The molecule has 3 heteroatoms. The molecular weight excluding hydrogens is 248 g/mol. The predicted molar refractivity (Wildman–Crippen MR) is 79.2 cm³/mol. The van der Waals surface area contributed by atoms with E-state index in [4.69, 9.17) is 0 Å². The highest BCUT2D eigenvalue weighted by atomic mass is 16.2. The number of carbonyl (C=O) groups is 1. The third-order valence-electron chi connectivity index (χ3n) is 6.80. The van der Waals surface area contributed by atoms with E-state index in [9.17, 15) is 4.79 Å². The first kappa shape index (κ1) is 13.1. The molecule has 0 aromatic carbocycles. The monoisotopic (exact) mass is 276 g/mol. The molecular formula is C17H28N2O. The minimum Gasteiger partial charge on any atom is -0.352 e. The maximum Gasteiger partial charge on any atom is 0.226 e. The van der Waals surface area contributed by atoms with Crippen LogP contribution in [0.1, 0.15) is 51.9 Å². The summed E-state index contributed by atoms with van der Waals surface area (Å²) < 4.78 is 0. The Morgan fingerprint density at radius 1 is 1.20 bits per heavy atom. The van der Waals surface area contributed by atoms with Gasteiger partial charge in [0.1, 0.15) is 0 Å². The molecule has 2 N–H and O–H groups in total. The average Bonchev–Trinajstić information content (AvgIpc) is 2.85. The van der Waals surface area contributed by atoms with Gasteiger partial charge >= 0.3 is 0 Å². The van der Waals surface area contributed by atoms with Crippen molar-refractivity contribution in [2.45, 2.75) is 57.9 Å². The van der Waals surface area contributed by atoms with E-state index in [0.717, 1.165) is 62.4 Å². The van der Waals surface area contributed by atoms with Crippen LogP contribution in [0.2, 0.25) is 0 Å². The van der Waals surface area contributed by atoms with E-state index in [0.29, 0.717) is 11.9 Å². The fourth-order valence-corrected chi connectivity index (χ4v) is 5.80. The second kappa shape index (κ2) is 4.72. The van der Waals surface area contributed by atoms with Gasteiger partial charge in [0.2, 0.25) is 5.91 Å². The molecule has 3 aliphatic carbocycles. The van der Waals surface area contributed by atoms with Gasteiger partial charge in [0, 0.05) is 6.04 Å². The highest BCUT2D eigenvalue weighted by Crippen LogP contribution is 2.65. The highest BCUT2D eigenvalue weighted by Gasteiger charge is 2.65. The van der Waals surface area contributed by atoms with Gasteiger partial charge in [-0.1, -0.05) is 13.3 Å². The lowest BCUT2D eigenvalue weighted by Gasteiger charge is -2.36. The van der Waals surface area contributed by atoms with Gasteiger partial charge in [0.15, 0.2) is 0 Å². The standard InChI is InChI=1S/C17H28N2O/c1-2-5-17(6-8-18-9-7-17)16(20)19-15-13-11-3-4-12(10-11)14(13)15/h11-15,18H,2-10H2,1H3,(H,19,20). The summed E-state index contributed by atoms with van der Waals surface area (Å²) in [5.74, 6) is 4.01. The number of amides is 1. The van der Waals surface area contributed by atoms with Gasteiger partial charge in [-0.05, 0) is 75.3 Å². The van der Waals surface area contributed by atoms with Gasteiger partial charge in [0.05, 0.1) is 5.41 Å². The fraction of sp³-hybridized carbons (Fsp3) is 0.941. The molecule has 4 atom stereocenters. The van der Waals surface area contributed by atoms with Crippen molar-refractivity contribution < 1.29 is 4.79 Å². The van der Waals surface area contributed by atoms with Gasteiger partial charge in [-0.15, -0.1) is 0 Å². The van der Waals surface area contributed by atoms with E-state index in [2.05, 4.69) is 17.6 Å². The molecule has 112 valence electrons. The SMILES string of the molecule is CCCC1(C(=O)NC2C3C4CCC(C4)C23)CCNCC1. The number of piperidine rings is 1. The van der Waals surface area contributed by atoms with Crippen LogP contribution in [0.3, 0.4) is 0 Å². The molecule has 1 amide bonds. The summed E-state index contributed by atoms with van der Waals surface area (Å²) in [5.41, 5.74) is -0.0596. The van der Waals surface area contributed by atoms with Crippen molar-refractivity contribution in [3.05, 3.63) is 0 Å². The van der Waals surface area contributed by atoms with Gasteiger partial charge in [-0.3, -0.25) is 4.79 Å². The number of carbonyl (C=O) groups excluding carboxylic acids is 1. The Bertz CT molecular complexity index is 380. The molecule has 0 aromatic heterocycles. The Kier molecular flexibility index (Phi) is 3.10. The lowest BCUT2D eigenvalue weighted by molar-refractivity contribution is -0.133. The second-order valence-corrected chi connectivity index (χ2v) is 7.77. The minimum atomic E-state index is -0.0596. The zero-order valence-electron chi connectivity index (χ0n) is 12.7. The summed E-state index contributed by atoms with van der Waals surface area (Å²) in [6.07, 6.45) is 8.57. The topological polar surface area (TPSA) is 41.1 Å². The Morgan fingerprint density at radius 3 is 2.45 bits per heavy atom. The summed E-state index contributed by atoms with van der Waals surface area (Å²) in [5, 5.41) is 6.89. The third-order valence-corrected chi connectivity index (χ3v) is 6.80. The summed E-state index contributed by atoms with van der Waals surface area (Å²) in [7, 11) is 0. The maximum atomic E-state index is 12.9. The van der Waals surface area contributed by atoms with E-state index in [-0.39, 0.29) is 5.41 Å². The van der Waals surface area contributed by atoms with Crippen molar-refractivity contribution in [1.82, 2.24) is 10.6 Å². The molecule has 0 aromatic rings. The Morgan fingerprint density at radius 2 is 1.85 bits per heavy atom. The van der Waals surface area contributed by atoms with Crippen molar-refractivity contribution >= 4 is 5.91 Å². The largest absolute Gasteiger partial charge is 0.352 e. The Balaban J connectivity index is 1.42. The molecule has 1 saturated heterocycles. The molecule has 0 spiro atoms. The number of hydrogen-bond acceptors (Lipinski definition) is 2. The molecule has 3 nitrogen and oxygen atoms in total. The predicted octanol–water partition coefficient (Wildman–Crippen LogP) is 2.32. The maximum absolute atomic E-state index is 12.9. The zero-order chi connectivity index (χ0) is 13.7. The first-order valence-corrected chi connectivity index (χ1v) is 8.77. The number of nitrogens with one attached hydrogen (secondary N) is 2. The summed E-state index contributed by atoms with van der Waals surface area (Å²) in [6.45, 7) is 4.23. The van der Waals surface area contributed by atoms with Gasteiger partial charge in [-0.25, -0.2) is 0 Å². The number of fused-ring (bicyclic) bond motifs is 5. The highest BCUT2D eigenvalue weighted by molar-refractivity contribution is 5.83. The van der Waals surface area contributed by atoms with Crippen LogP contribution in [0.4, 0.5) is 0 Å². The average molecular weight is 276 g/mol. The molecule has 0 radical (unpaired) electrons. The van der Waals surface area contributed by atoms with Crippen LogP contribution in [0, 0.1) is 29.1 Å². The fourth-order valence-electron chi connectivity index (χ4n) is 5.80. The van der Waals surface area contributed by atoms with Crippen molar-refractivity contribution in [1.29, 1.82) is 0 Å². The molecule has 20 heavy (non-hydrogen) atoms. The Hall–Kier alpha value is -0.570. The van der Waals surface area contributed by atoms with Crippen LogP contribution in [0.25, 0.3) is 0 Å². The molecule has 4 rings (SSSR count). The molecule has 1 heterocycles. The van der Waals surface area contributed by atoms with Crippen molar-refractivity contribution in [3.8, 4) is 0 Å². The van der Waals surface area contributed by atoms with Crippen LogP contribution in [-0.2, 0) is 4.79 Å². The second-order valence-electron chi connectivity index (χ2n) is 7.77. The minimum absolute atomic E-state index is 0.0596.